The van der Waals surface area contributed by atoms with Gasteiger partial charge in [0, 0.05) is 19.2 Å². The fraction of sp³-hybridized carbons (Fsp3) is 0.222. The van der Waals surface area contributed by atoms with E-state index in [1.165, 1.54) is 0 Å². The van der Waals surface area contributed by atoms with Gasteiger partial charge in [-0.3, -0.25) is 4.79 Å². The van der Waals surface area contributed by atoms with Gasteiger partial charge in [0.1, 0.15) is 11.6 Å². The molecule has 2 rings (SSSR count). The molecule has 5 heteroatoms. The number of pyridine rings is 1. The summed E-state index contributed by atoms with van der Waals surface area (Å²) in [5.74, 6) is 3.30. The summed E-state index contributed by atoms with van der Waals surface area (Å²) in [5.41, 5.74) is 7.00. The van der Waals surface area contributed by atoms with Crippen molar-refractivity contribution < 1.29 is 9.53 Å². The molecule has 2 aromatic rings. The first-order chi connectivity index (χ1) is 11.2. The first-order valence-electron chi connectivity index (χ1n) is 7.34. The number of amides is 1. The van der Waals surface area contributed by atoms with E-state index in [1.54, 1.807) is 18.3 Å². The molecule has 0 aliphatic carbocycles. The lowest BCUT2D eigenvalue weighted by atomic mass is 10.2. The fourth-order valence-corrected chi connectivity index (χ4v) is 2.00. The molecule has 0 aliphatic heterocycles. The smallest absolute Gasteiger partial charge is 0.255 e. The maximum Gasteiger partial charge on any atom is 0.255 e. The number of aromatic nitrogens is 1. The summed E-state index contributed by atoms with van der Waals surface area (Å²) in [7, 11) is 0. The number of ether oxygens (including phenoxy) is 1. The van der Waals surface area contributed by atoms with E-state index in [0.29, 0.717) is 25.1 Å². The predicted octanol–water partition coefficient (Wildman–Crippen LogP) is 2.39. The third-order valence-corrected chi connectivity index (χ3v) is 3.17. The minimum Gasteiger partial charge on any atom is -0.494 e. The molecule has 1 amide bonds. The lowest BCUT2D eigenvalue weighted by molar-refractivity contribution is 0.0951. The third kappa shape index (κ3) is 5.04. The molecule has 23 heavy (non-hydrogen) atoms. The summed E-state index contributed by atoms with van der Waals surface area (Å²) >= 11 is 0. The molecule has 0 fully saturated rings. The predicted molar refractivity (Wildman–Crippen MR) is 89.8 cm³/mol. The normalized spacial score (nSPS) is 9.87. The second kappa shape index (κ2) is 8.44. The van der Waals surface area contributed by atoms with Crippen LogP contribution in [0.25, 0.3) is 0 Å². The Morgan fingerprint density at radius 2 is 2.22 bits per heavy atom. The van der Waals surface area contributed by atoms with E-state index in [9.17, 15) is 4.79 Å². The number of anilines is 1. The number of benzene rings is 1. The van der Waals surface area contributed by atoms with E-state index in [0.717, 1.165) is 17.7 Å². The molecule has 118 valence electrons. The highest BCUT2D eigenvalue weighted by Crippen LogP contribution is 2.14. The molecule has 0 bridgehead atoms. The number of nitrogens with one attached hydrogen (secondary N) is 1. The molecule has 0 aliphatic rings. The van der Waals surface area contributed by atoms with Crippen LogP contribution < -0.4 is 15.8 Å². The van der Waals surface area contributed by atoms with Crippen molar-refractivity contribution in [3.63, 3.8) is 0 Å². The van der Waals surface area contributed by atoms with Crippen LogP contribution in [0.15, 0.2) is 42.6 Å². The van der Waals surface area contributed by atoms with Crippen LogP contribution in [0.4, 0.5) is 5.82 Å². The number of hydrogen-bond acceptors (Lipinski definition) is 4. The van der Waals surface area contributed by atoms with Crippen LogP contribution in [0.3, 0.4) is 0 Å². The van der Waals surface area contributed by atoms with Gasteiger partial charge in [0.2, 0.25) is 0 Å². The molecule has 1 heterocycles. The van der Waals surface area contributed by atoms with E-state index in [-0.39, 0.29) is 11.7 Å². The van der Waals surface area contributed by atoms with Crippen molar-refractivity contribution in [3.8, 4) is 18.1 Å². The summed E-state index contributed by atoms with van der Waals surface area (Å²) in [6, 6.07) is 10.9. The van der Waals surface area contributed by atoms with Crippen molar-refractivity contribution in [2.75, 3.05) is 12.3 Å². The molecule has 0 spiro atoms. The van der Waals surface area contributed by atoms with Crippen molar-refractivity contribution in [3.05, 3.63) is 53.7 Å². The maximum absolute atomic E-state index is 12.1. The van der Waals surface area contributed by atoms with Gasteiger partial charge in [-0.2, -0.15) is 0 Å². The minimum absolute atomic E-state index is 0.218. The number of carbonyl (C=O) groups is 1. The Morgan fingerprint density at radius 1 is 1.35 bits per heavy atom. The SMILES string of the molecule is C#CCCCOc1cccc(CNC(=O)c2cccnc2N)c1. The van der Waals surface area contributed by atoms with Crippen molar-refractivity contribution in [1.29, 1.82) is 0 Å². The Morgan fingerprint density at radius 3 is 3.00 bits per heavy atom. The van der Waals surface area contributed by atoms with E-state index >= 15 is 0 Å². The zero-order valence-electron chi connectivity index (χ0n) is 12.8. The largest absolute Gasteiger partial charge is 0.494 e. The standard InChI is InChI=1S/C18H19N3O2/c1-2-3-4-11-23-15-8-5-7-14(12-15)13-21-18(22)16-9-6-10-20-17(16)19/h1,5-10,12H,3-4,11,13H2,(H2,19,20)(H,21,22). The molecule has 5 nitrogen and oxygen atoms in total. The number of rotatable bonds is 7. The number of nitrogens with zero attached hydrogens (tertiary/aromatic N) is 1. The molecular formula is C18H19N3O2. The first kappa shape index (κ1) is 16.4. The van der Waals surface area contributed by atoms with Crippen molar-refractivity contribution in [2.24, 2.45) is 0 Å². The summed E-state index contributed by atoms with van der Waals surface area (Å²) in [6.07, 6.45) is 8.26. The molecule has 1 aromatic carbocycles. The van der Waals surface area contributed by atoms with E-state index in [1.807, 2.05) is 24.3 Å². The Hall–Kier alpha value is -3.00. The third-order valence-electron chi connectivity index (χ3n) is 3.17. The fourth-order valence-electron chi connectivity index (χ4n) is 2.00. The van der Waals surface area contributed by atoms with E-state index in [4.69, 9.17) is 16.9 Å². The van der Waals surface area contributed by atoms with Crippen LogP contribution in [-0.2, 0) is 6.54 Å². The van der Waals surface area contributed by atoms with E-state index < -0.39 is 0 Å². The van der Waals surface area contributed by atoms with Gasteiger partial charge < -0.3 is 15.8 Å². The lowest BCUT2D eigenvalue weighted by Crippen LogP contribution is -2.24. The molecule has 0 unspecified atom stereocenters. The molecule has 0 saturated heterocycles. The van der Waals surface area contributed by atoms with Crippen LogP contribution in [0.1, 0.15) is 28.8 Å². The summed E-state index contributed by atoms with van der Waals surface area (Å²) in [5, 5.41) is 2.82. The van der Waals surface area contributed by atoms with Crippen LogP contribution in [0.5, 0.6) is 5.75 Å². The average molecular weight is 309 g/mol. The molecule has 1 aromatic heterocycles. The van der Waals surface area contributed by atoms with Gasteiger partial charge in [-0.25, -0.2) is 4.98 Å². The number of terminal acetylenes is 1. The molecule has 0 atom stereocenters. The van der Waals surface area contributed by atoms with Gasteiger partial charge in [-0.15, -0.1) is 12.3 Å². The molecule has 0 radical (unpaired) electrons. The zero-order chi connectivity index (χ0) is 16.5. The van der Waals surface area contributed by atoms with Crippen molar-refractivity contribution in [2.45, 2.75) is 19.4 Å². The quantitative estimate of drug-likeness (QED) is 0.608. The topological polar surface area (TPSA) is 77.2 Å². The highest BCUT2D eigenvalue weighted by Gasteiger charge is 2.09. The highest BCUT2D eigenvalue weighted by atomic mass is 16.5. The van der Waals surface area contributed by atoms with Gasteiger partial charge >= 0.3 is 0 Å². The number of hydrogen-bond donors (Lipinski definition) is 2. The van der Waals surface area contributed by atoms with Gasteiger partial charge in [0.05, 0.1) is 12.2 Å². The Labute approximate surface area is 135 Å². The van der Waals surface area contributed by atoms with Crippen LogP contribution >= 0.6 is 0 Å². The summed E-state index contributed by atoms with van der Waals surface area (Å²) in [6.45, 7) is 0.959. The van der Waals surface area contributed by atoms with Gasteiger partial charge in [-0.1, -0.05) is 12.1 Å². The zero-order valence-corrected chi connectivity index (χ0v) is 12.8. The van der Waals surface area contributed by atoms with E-state index in [2.05, 4.69) is 16.2 Å². The monoisotopic (exact) mass is 309 g/mol. The molecule has 0 saturated carbocycles. The van der Waals surface area contributed by atoms with Gasteiger partial charge in [0.25, 0.3) is 5.91 Å². The van der Waals surface area contributed by atoms with Crippen LogP contribution in [0, 0.1) is 12.3 Å². The Kier molecular flexibility index (Phi) is 6.01. The molecular weight excluding hydrogens is 290 g/mol. The lowest BCUT2D eigenvalue weighted by Gasteiger charge is -2.09. The number of carbonyl (C=O) groups excluding carboxylic acids is 1. The number of unbranched alkanes of at least 4 members (excludes halogenated alkanes) is 1. The first-order valence-corrected chi connectivity index (χ1v) is 7.34. The maximum atomic E-state index is 12.1. The van der Waals surface area contributed by atoms with Crippen molar-refractivity contribution in [1.82, 2.24) is 10.3 Å². The number of nitrogen functional groups attached to an aromatic ring is 1. The molecule has 3 N–H and O–H groups in total. The summed E-state index contributed by atoms with van der Waals surface area (Å²) in [4.78, 5) is 16.0. The van der Waals surface area contributed by atoms with Gasteiger partial charge in [0.15, 0.2) is 0 Å². The second-order valence-electron chi connectivity index (χ2n) is 4.92. The Balaban J connectivity index is 1.89. The van der Waals surface area contributed by atoms with Gasteiger partial charge in [-0.05, 0) is 36.2 Å². The minimum atomic E-state index is -0.254. The Bertz CT molecular complexity index is 707. The van der Waals surface area contributed by atoms with Crippen LogP contribution in [0.2, 0.25) is 0 Å². The average Bonchev–Trinajstić information content (AvgIpc) is 2.57. The second-order valence-corrected chi connectivity index (χ2v) is 4.92. The van der Waals surface area contributed by atoms with Crippen molar-refractivity contribution >= 4 is 11.7 Å². The number of nitrogens with two attached hydrogens (primary N) is 1. The van der Waals surface area contributed by atoms with Crippen LogP contribution in [-0.4, -0.2) is 17.5 Å². The highest BCUT2D eigenvalue weighted by molar-refractivity contribution is 5.98. The summed E-state index contributed by atoms with van der Waals surface area (Å²) < 4.78 is 5.62.